The molecule has 0 fully saturated rings. The van der Waals surface area contributed by atoms with Gasteiger partial charge in [0.25, 0.3) is 5.91 Å². The van der Waals surface area contributed by atoms with Crippen LogP contribution in [0.1, 0.15) is 47.7 Å². The summed E-state index contributed by atoms with van der Waals surface area (Å²) in [6.07, 6.45) is 0. The Balaban J connectivity index is 2.28. The molecular formula is C16H21N3OS. The maximum atomic E-state index is 12.5. The van der Waals surface area contributed by atoms with E-state index in [9.17, 15) is 4.79 Å². The molecule has 1 aromatic carbocycles. The van der Waals surface area contributed by atoms with Crippen LogP contribution in [0.2, 0.25) is 0 Å². The predicted molar refractivity (Wildman–Crippen MR) is 87.4 cm³/mol. The highest BCUT2D eigenvalue weighted by molar-refractivity contribution is 7.17. The van der Waals surface area contributed by atoms with Gasteiger partial charge in [-0.3, -0.25) is 4.79 Å². The third kappa shape index (κ3) is 3.61. The van der Waals surface area contributed by atoms with Gasteiger partial charge in [-0.2, -0.15) is 0 Å². The van der Waals surface area contributed by atoms with Crippen LogP contribution >= 0.6 is 11.3 Å². The second-order valence-electron chi connectivity index (χ2n) is 6.15. The Bertz CT molecular complexity index is 629. The fourth-order valence-electron chi connectivity index (χ4n) is 2.27. The molecule has 4 nitrogen and oxygen atoms in total. The van der Waals surface area contributed by atoms with E-state index in [1.807, 2.05) is 30.3 Å². The zero-order valence-corrected chi connectivity index (χ0v) is 13.6. The van der Waals surface area contributed by atoms with Crippen LogP contribution in [0.4, 0.5) is 5.13 Å². The van der Waals surface area contributed by atoms with Crippen molar-refractivity contribution in [3.05, 3.63) is 46.5 Å². The number of nitrogens with zero attached hydrogens (tertiary/aromatic N) is 1. The number of carbonyl (C=O) groups is 1. The zero-order valence-electron chi connectivity index (χ0n) is 12.8. The van der Waals surface area contributed by atoms with Crippen molar-refractivity contribution in [3.8, 4) is 0 Å². The van der Waals surface area contributed by atoms with Crippen molar-refractivity contribution in [2.45, 2.75) is 33.7 Å². The Kier molecular flexibility index (Phi) is 4.32. The number of nitrogens with two attached hydrogens (primary N) is 1. The first-order valence-electron chi connectivity index (χ1n) is 6.87. The van der Waals surface area contributed by atoms with Gasteiger partial charge in [0, 0.05) is 0 Å². The normalized spacial score (nSPS) is 13.0. The number of hydrogen-bond donors (Lipinski definition) is 2. The van der Waals surface area contributed by atoms with E-state index in [4.69, 9.17) is 5.73 Å². The first kappa shape index (κ1) is 15.5. The quantitative estimate of drug-likeness (QED) is 0.911. The van der Waals surface area contributed by atoms with Crippen LogP contribution in [0.25, 0.3) is 0 Å². The molecule has 0 aliphatic rings. The van der Waals surface area contributed by atoms with Gasteiger partial charge in [-0.1, -0.05) is 62.4 Å². The van der Waals surface area contributed by atoms with Crippen LogP contribution in [-0.2, 0) is 0 Å². The Morgan fingerprint density at radius 2 is 1.90 bits per heavy atom. The third-order valence-electron chi connectivity index (χ3n) is 3.29. The number of carbonyl (C=O) groups excluding carboxylic acids is 1. The molecule has 5 heteroatoms. The lowest BCUT2D eigenvalue weighted by Crippen LogP contribution is -2.36. The summed E-state index contributed by atoms with van der Waals surface area (Å²) in [5, 5.41) is 3.54. The number of anilines is 1. The summed E-state index contributed by atoms with van der Waals surface area (Å²) < 4.78 is 0. The van der Waals surface area contributed by atoms with Crippen LogP contribution in [0.5, 0.6) is 0 Å². The lowest BCUT2D eigenvalue weighted by molar-refractivity contribution is 0.0905. The maximum Gasteiger partial charge on any atom is 0.263 e. The highest BCUT2D eigenvalue weighted by Crippen LogP contribution is 2.33. The topological polar surface area (TPSA) is 68.0 Å². The molecule has 0 spiro atoms. The molecule has 1 unspecified atom stereocenters. The first-order chi connectivity index (χ1) is 9.79. The molecule has 0 saturated heterocycles. The molecule has 2 rings (SSSR count). The molecule has 0 saturated carbocycles. The predicted octanol–water partition coefficient (Wildman–Crippen LogP) is 3.55. The minimum atomic E-state index is -0.120. The van der Waals surface area contributed by atoms with Gasteiger partial charge in [0.05, 0.1) is 11.7 Å². The number of thiazole rings is 1. The molecule has 1 heterocycles. The number of nitrogens with one attached hydrogen (secondary N) is 1. The molecular weight excluding hydrogens is 282 g/mol. The SMILES string of the molecule is Cc1nc(N)sc1C(=O)NC(c1ccccc1)C(C)(C)C. The molecule has 0 aliphatic heterocycles. The second kappa shape index (κ2) is 5.85. The van der Waals surface area contributed by atoms with Crippen molar-refractivity contribution in [1.29, 1.82) is 0 Å². The van der Waals surface area contributed by atoms with Crippen LogP contribution < -0.4 is 11.1 Å². The number of aryl methyl sites for hydroxylation is 1. The summed E-state index contributed by atoms with van der Waals surface area (Å²) in [4.78, 5) is 17.2. The monoisotopic (exact) mass is 303 g/mol. The third-order valence-corrected chi connectivity index (χ3v) is 4.28. The smallest absolute Gasteiger partial charge is 0.263 e. The molecule has 2 aromatic rings. The fourth-order valence-corrected chi connectivity index (χ4v) is 3.01. The Hall–Kier alpha value is -1.88. The van der Waals surface area contributed by atoms with E-state index in [-0.39, 0.29) is 17.4 Å². The van der Waals surface area contributed by atoms with E-state index in [1.165, 1.54) is 11.3 Å². The van der Waals surface area contributed by atoms with Gasteiger partial charge in [0.2, 0.25) is 0 Å². The van der Waals surface area contributed by atoms with Gasteiger partial charge in [-0.05, 0) is 17.9 Å². The minimum absolute atomic E-state index is 0.0751. The van der Waals surface area contributed by atoms with Crippen LogP contribution in [0.3, 0.4) is 0 Å². The number of rotatable bonds is 3. The molecule has 112 valence electrons. The van der Waals surface area contributed by atoms with Gasteiger partial charge in [-0.25, -0.2) is 4.98 Å². The number of benzene rings is 1. The molecule has 1 aromatic heterocycles. The average molecular weight is 303 g/mol. The molecule has 1 atom stereocenters. The van der Waals surface area contributed by atoms with Gasteiger partial charge in [-0.15, -0.1) is 0 Å². The lowest BCUT2D eigenvalue weighted by atomic mass is 9.82. The van der Waals surface area contributed by atoms with Crippen molar-refractivity contribution in [3.63, 3.8) is 0 Å². The largest absolute Gasteiger partial charge is 0.375 e. The first-order valence-corrected chi connectivity index (χ1v) is 7.69. The van der Waals surface area contributed by atoms with Crippen molar-refractivity contribution in [1.82, 2.24) is 10.3 Å². The van der Waals surface area contributed by atoms with Crippen LogP contribution in [0, 0.1) is 12.3 Å². The summed E-state index contributed by atoms with van der Waals surface area (Å²) in [6.45, 7) is 8.13. The number of amides is 1. The maximum absolute atomic E-state index is 12.5. The van der Waals surface area contributed by atoms with Crippen molar-refractivity contribution in [2.24, 2.45) is 5.41 Å². The van der Waals surface area contributed by atoms with E-state index >= 15 is 0 Å². The Morgan fingerprint density at radius 1 is 1.29 bits per heavy atom. The highest BCUT2D eigenvalue weighted by atomic mass is 32.1. The van der Waals surface area contributed by atoms with Gasteiger partial charge < -0.3 is 11.1 Å². The molecule has 0 aliphatic carbocycles. The number of nitrogen functional groups attached to an aromatic ring is 1. The average Bonchev–Trinajstić information content (AvgIpc) is 2.74. The lowest BCUT2D eigenvalue weighted by Gasteiger charge is -2.31. The van der Waals surface area contributed by atoms with Crippen LogP contribution in [0.15, 0.2) is 30.3 Å². The van der Waals surface area contributed by atoms with Crippen molar-refractivity contribution >= 4 is 22.4 Å². The zero-order chi connectivity index (χ0) is 15.6. The van der Waals surface area contributed by atoms with Gasteiger partial charge in [0.1, 0.15) is 4.88 Å². The molecule has 21 heavy (non-hydrogen) atoms. The van der Waals surface area contributed by atoms with E-state index < -0.39 is 0 Å². The molecule has 3 N–H and O–H groups in total. The standard InChI is InChI=1S/C16H21N3OS/c1-10-12(21-15(17)18-10)14(20)19-13(16(2,3)4)11-8-6-5-7-9-11/h5-9,13H,1-4H3,(H2,17,18)(H,19,20). The van der Waals surface area contributed by atoms with E-state index in [2.05, 4.69) is 31.1 Å². The van der Waals surface area contributed by atoms with Gasteiger partial charge >= 0.3 is 0 Å². The molecule has 0 bridgehead atoms. The van der Waals surface area contributed by atoms with Crippen LogP contribution in [-0.4, -0.2) is 10.9 Å². The summed E-state index contributed by atoms with van der Waals surface area (Å²) in [5.74, 6) is -0.120. The van der Waals surface area contributed by atoms with Crippen molar-refractivity contribution in [2.75, 3.05) is 5.73 Å². The van der Waals surface area contributed by atoms with E-state index in [0.717, 1.165) is 5.56 Å². The summed E-state index contributed by atoms with van der Waals surface area (Å²) >= 11 is 1.22. The van der Waals surface area contributed by atoms with Gasteiger partial charge in [0.15, 0.2) is 5.13 Å². The number of aromatic nitrogens is 1. The minimum Gasteiger partial charge on any atom is -0.375 e. The highest BCUT2D eigenvalue weighted by Gasteiger charge is 2.29. The summed E-state index contributed by atoms with van der Waals surface area (Å²) in [7, 11) is 0. The van der Waals surface area contributed by atoms with Crippen molar-refractivity contribution < 1.29 is 4.79 Å². The Morgan fingerprint density at radius 3 is 2.38 bits per heavy atom. The van der Waals surface area contributed by atoms with E-state index in [0.29, 0.717) is 15.7 Å². The molecule has 0 radical (unpaired) electrons. The van der Waals surface area contributed by atoms with E-state index in [1.54, 1.807) is 6.92 Å². The second-order valence-corrected chi connectivity index (χ2v) is 7.18. The summed E-state index contributed by atoms with van der Waals surface area (Å²) in [6, 6.07) is 9.92. The molecule has 1 amide bonds. The Labute approximate surface area is 129 Å². The fraction of sp³-hybridized carbons (Fsp3) is 0.375. The number of hydrogen-bond acceptors (Lipinski definition) is 4. The summed E-state index contributed by atoms with van der Waals surface area (Å²) in [5.41, 5.74) is 7.34.